The summed E-state index contributed by atoms with van der Waals surface area (Å²) in [4.78, 5) is 34.2. The molecule has 0 atom stereocenters. The first-order valence-corrected chi connectivity index (χ1v) is 9.67. The van der Waals surface area contributed by atoms with E-state index >= 15 is 0 Å². The van der Waals surface area contributed by atoms with Crippen LogP contribution >= 0.6 is 0 Å². The molecule has 0 heterocycles. The SMILES string of the molecule is CC(C)CCOC(=O)C=Cc1ccc(C=CC(=O)OCCC(C)C)c([N+](=O)[O-])c1. The molecule has 0 radical (unpaired) electrons. The van der Waals surface area contributed by atoms with Gasteiger partial charge < -0.3 is 9.47 Å². The van der Waals surface area contributed by atoms with E-state index in [4.69, 9.17) is 9.47 Å². The van der Waals surface area contributed by atoms with Crippen molar-refractivity contribution in [2.45, 2.75) is 40.5 Å². The van der Waals surface area contributed by atoms with Crippen molar-refractivity contribution in [1.29, 1.82) is 0 Å². The zero-order valence-corrected chi connectivity index (χ0v) is 17.4. The Morgan fingerprint density at radius 1 is 0.966 bits per heavy atom. The van der Waals surface area contributed by atoms with Crippen LogP contribution in [0.1, 0.15) is 51.7 Å². The third-order valence-corrected chi connectivity index (χ3v) is 3.94. The molecule has 0 aliphatic heterocycles. The number of nitro groups is 1. The molecular weight excluding hydrogens is 374 g/mol. The molecule has 0 amide bonds. The predicted molar refractivity (Wildman–Crippen MR) is 112 cm³/mol. The van der Waals surface area contributed by atoms with E-state index in [2.05, 4.69) is 0 Å². The first kappa shape index (κ1) is 24.1. The number of carbonyl (C=O) groups excluding carboxylic acids is 2. The summed E-state index contributed by atoms with van der Waals surface area (Å²) in [6.45, 7) is 8.75. The van der Waals surface area contributed by atoms with Gasteiger partial charge in [-0.2, -0.15) is 0 Å². The van der Waals surface area contributed by atoms with Gasteiger partial charge in [-0.1, -0.05) is 33.8 Å². The molecule has 0 bridgehead atoms. The Balaban J connectivity index is 2.77. The second-order valence-electron chi connectivity index (χ2n) is 7.44. The van der Waals surface area contributed by atoms with Gasteiger partial charge in [-0.15, -0.1) is 0 Å². The van der Waals surface area contributed by atoms with Crippen molar-refractivity contribution in [3.05, 3.63) is 51.6 Å². The molecule has 0 aliphatic rings. The first-order valence-electron chi connectivity index (χ1n) is 9.67. The number of rotatable bonds is 11. The Bertz CT molecular complexity index is 765. The lowest BCUT2D eigenvalue weighted by Gasteiger charge is -2.04. The monoisotopic (exact) mass is 403 g/mol. The topological polar surface area (TPSA) is 95.7 Å². The molecular formula is C22H29NO6. The Morgan fingerprint density at radius 3 is 1.97 bits per heavy atom. The highest BCUT2D eigenvalue weighted by Gasteiger charge is 2.12. The van der Waals surface area contributed by atoms with Gasteiger partial charge in [-0.3, -0.25) is 10.1 Å². The number of benzene rings is 1. The van der Waals surface area contributed by atoms with Crippen molar-refractivity contribution in [3.8, 4) is 0 Å². The van der Waals surface area contributed by atoms with Crippen LogP contribution in [0.2, 0.25) is 0 Å². The van der Waals surface area contributed by atoms with Crippen LogP contribution in [-0.4, -0.2) is 30.1 Å². The zero-order valence-electron chi connectivity index (χ0n) is 17.4. The van der Waals surface area contributed by atoms with Crippen LogP contribution in [0.15, 0.2) is 30.4 Å². The van der Waals surface area contributed by atoms with Crippen molar-refractivity contribution in [1.82, 2.24) is 0 Å². The maximum absolute atomic E-state index is 11.7. The lowest BCUT2D eigenvalue weighted by molar-refractivity contribution is -0.385. The normalized spacial score (nSPS) is 11.5. The Kier molecular flexibility index (Phi) is 10.4. The van der Waals surface area contributed by atoms with Gasteiger partial charge in [0.15, 0.2) is 0 Å². The number of hydrogen-bond donors (Lipinski definition) is 0. The average molecular weight is 403 g/mol. The van der Waals surface area contributed by atoms with E-state index in [1.54, 1.807) is 6.07 Å². The van der Waals surface area contributed by atoms with E-state index in [-0.39, 0.29) is 11.3 Å². The molecule has 0 saturated carbocycles. The average Bonchev–Trinajstić information content (AvgIpc) is 2.64. The van der Waals surface area contributed by atoms with E-state index in [1.807, 2.05) is 27.7 Å². The fourth-order valence-corrected chi connectivity index (χ4v) is 2.17. The van der Waals surface area contributed by atoms with Crippen molar-refractivity contribution >= 4 is 29.8 Å². The second-order valence-corrected chi connectivity index (χ2v) is 7.44. The molecule has 1 aromatic rings. The van der Waals surface area contributed by atoms with E-state index in [0.29, 0.717) is 30.6 Å². The number of carbonyl (C=O) groups is 2. The summed E-state index contributed by atoms with van der Waals surface area (Å²) in [5, 5.41) is 11.3. The standard InChI is InChI=1S/C22H29NO6/c1-16(2)11-13-28-21(24)9-6-18-5-7-19(20(15-18)23(26)27)8-10-22(25)29-14-12-17(3)4/h5-10,15-17H,11-14H2,1-4H3. The first-order chi connectivity index (χ1) is 13.7. The van der Waals surface area contributed by atoms with E-state index in [1.165, 1.54) is 36.4 Å². The zero-order chi connectivity index (χ0) is 21.8. The summed E-state index contributed by atoms with van der Waals surface area (Å²) in [6.07, 6.45) is 6.74. The van der Waals surface area contributed by atoms with Gasteiger partial charge in [-0.05, 0) is 48.5 Å². The van der Waals surface area contributed by atoms with E-state index in [9.17, 15) is 19.7 Å². The molecule has 0 spiro atoms. The van der Waals surface area contributed by atoms with E-state index in [0.717, 1.165) is 12.8 Å². The Morgan fingerprint density at radius 2 is 1.48 bits per heavy atom. The number of nitrogens with zero attached hydrogens (tertiary/aromatic N) is 1. The van der Waals surface area contributed by atoms with Gasteiger partial charge >= 0.3 is 11.9 Å². The maximum atomic E-state index is 11.7. The van der Waals surface area contributed by atoms with Crippen LogP contribution in [0.4, 0.5) is 5.69 Å². The van der Waals surface area contributed by atoms with Crippen LogP contribution in [-0.2, 0) is 19.1 Å². The maximum Gasteiger partial charge on any atom is 0.330 e. The van der Waals surface area contributed by atoms with Crippen LogP contribution in [0, 0.1) is 22.0 Å². The molecule has 0 unspecified atom stereocenters. The quantitative estimate of drug-likeness (QED) is 0.228. The number of ether oxygens (including phenoxy) is 2. The molecule has 1 rings (SSSR count). The molecule has 1 aromatic carbocycles. The highest BCUT2D eigenvalue weighted by Crippen LogP contribution is 2.22. The fraction of sp³-hybridized carbons (Fsp3) is 0.455. The van der Waals surface area contributed by atoms with Gasteiger partial charge in [0, 0.05) is 18.2 Å². The number of hydrogen-bond acceptors (Lipinski definition) is 6. The third kappa shape index (κ3) is 10.2. The van der Waals surface area contributed by atoms with Gasteiger partial charge in [-0.25, -0.2) is 9.59 Å². The summed E-state index contributed by atoms with van der Waals surface area (Å²) in [6, 6.07) is 4.47. The summed E-state index contributed by atoms with van der Waals surface area (Å²) in [5.41, 5.74) is 0.577. The second kappa shape index (κ2) is 12.5. The summed E-state index contributed by atoms with van der Waals surface area (Å²) in [5.74, 6) is -0.196. The molecule has 7 nitrogen and oxygen atoms in total. The van der Waals surface area contributed by atoms with Crippen molar-refractivity contribution in [3.63, 3.8) is 0 Å². The Labute approximate surface area is 171 Å². The van der Waals surface area contributed by atoms with Crippen LogP contribution in [0.3, 0.4) is 0 Å². The van der Waals surface area contributed by atoms with E-state index < -0.39 is 16.9 Å². The van der Waals surface area contributed by atoms with Crippen molar-refractivity contribution < 1.29 is 24.0 Å². The number of nitro benzene ring substituents is 1. The number of esters is 2. The summed E-state index contributed by atoms with van der Waals surface area (Å²) in [7, 11) is 0. The lowest BCUT2D eigenvalue weighted by Crippen LogP contribution is -2.04. The molecule has 0 saturated heterocycles. The lowest BCUT2D eigenvalue weighted by atomic mass is 10.1. The van der Waals surface area contributed by atoms with Crippen LogP contribution in [0.5, 0.6) is 0 Å². The van der Waals surface area contributed by atoms with Gasteiger partial charge in [0.2, 0.25) is 0 Å². The highest BCUT2D eigenvalue weighted by molar-refractivity contribution is 5.89. The smallest absolute Gasteiger partial charge is 0.330 e. The summed E-state index contributed by atoms with van der Waals surface area (Å²) >= 11 is 0. The van der Waals surface area contributed by atoms with Crippen molar-refractivity contribution in [2.75, 3.05) is 13.2 Å². The van der Waals surface area contributed by atoms with Gasteiger partial charge in [0.25, 0.3) is 5.69 Å². The van der Waals surface area contributed by atoms with Crippen molar-refractivity contribution in [2.24, 2.45) is 11.8 Å². The summed E-state index contributed by atoms with van der Waals surface area (Å²) < 4.78 is 10.1. The van der Waals surface area contributed by atoms with Gasteiger partial charge in [0.05, 0.1) is 23.7 Å². The highest BCUT2D eigenvalue weighted by atomic mass is 16.6. The fourth-order valence-electron chi connectivity index (χ4n) is 2.17. The minimum atomic E-state index is -0.548. The molecule has 0 aliphatic carbocycles. The molecule has 7 heteroatoms. The molecule has 29 heavy (non-hydrogen) atoms. The molecule has 0 N–H and O–H groups in total. The van der Waals surface area contributed by atoms with Crippen LogP contribution in [0.25, 0.3) is 12.2 Å². The van der Waals surface area contributed by atoms with Crippen LogP contribution < -0.4 is 0 Å². The third-order valence-electron chi connectivity index (χ3n) is 3.94. The molecule has 0 aromatic heterocycles. The molecule has 0 fully saturated rings. The predicted octanol–water partition coefficient (Wildman–Crippen LogP) is 4.80. The minimum absolute atomic E-state index is 0.174. The van der Waals surface area contributed by atoms with Gasteiger partial charge in [0.1, 0.15) is 0 Å². The Hall–Kier alpha value is -2.96. The largest absolute Gasteiger partial charge is 0.463 e. The minimum Gasteiger partial charge on any atom is -0.463 e. The molecule has 158 valence electrons.